The lowest BCUT2D eigenvalue weighted by atomic mass is 10.0. The molecular weight excluding hydrogens is 372 g/mol. The summed E-state index contributed by atoms with van der Waals surface area (Å²) in [5.41, 5.74) is 4.59. The van der Waals surface area contributed by atoms with Crippen LogP contribution in [-0.4, -0.2) is 33.7 Å². The first-order valence-electron chi connectivity index (χ1n) is 10.2. The van der Waals surface area contributed by atoms with E-state index in [2.05, 4.69) is 40.6 Å². The van der Waals surface area contributed by atoms with Crippen LogP contribution in [0.5, 0.6) is 0 Å². The van der Waals surface area contributed by atoms with Crippen molar-refractivity contribution < 1.29 is 0 Å². The number of nitrogens with one attached hydrogen (secondary N) is 1. The predicted octanol–water partition coefficient (Wildman–Crippen LogP) is 4.16. The Kier molecular flexibility index (Phi) is 4.88. The lowest BCUT2D eigenvalue weighted by Gasteiger charge is -2.33. The number of nitriles is 1. The first kappa shape index (κ1) is 18.3. The molecule has 1 saturated heterocycles. The lowest BCUT2D eigenvalue weighted by molar-refractivity contribution is 0.449. The maximum Gasteiger partial charge on any atom is 0.250 e. The monoisotopic (exact) mass is 394 g/mol. The van der Waals surface area contributed by atoms with Gasteiger partial charge in [0.25, 0.3) is 0 Å². The van der Waals surface area contributed by atoms with Crippen LogP contribution < -0.4 is 10.2 Å². The second-order valence-electron chi connectivity index (χ2n) is 7.48. The maximum atomic E-state index is 9.08. The number of para-hydroxylation sites is 1. The van der Waals surface area contributed by atoms with E-state index in [1.54, 1.807) is 0 Å². The van der Waals surface area contributed by atoms with Gasteiger partial charge in [-0.05, 0) is 67.9 Å². The second-order valence-corrected chi connectivity index (χ2v) is 7.48. The van der Waals surface area contributed by atoms with Gasteiger partial charge in [0.05, 0.1) is 11.6 Å². The van der Waals surface area contributed by atoms with E-state index in [-0.39, 0.29) is 0 Å². The third kappa shape index (κ3) is 3.40. The van der Waals surface area contributed by atoms with Gasteiger partial charge in [-0.1, -0.05) is 30.3 Å². The molecule has 1 N–H and O–H groups in total. The van der Waals surface area contributed by atoms with Gasteiger partial charge in [-0.25, -0.2) is 4.52 Å². The van der Waals surface area contributed by atoms with Crippen molar-refractivity contribution >= 4 is 17.3 Å². The van der Waals surface area contributed by atoms with Crippen LogP contribution in [0.4, 0.5) is 11.6 Å². The van der Waals surface area contributed by atoms with Crippen LogP contribution in [0.15, 0.2) is 72.9 Å². The highest BCUT2D eigenvalue weighted by Crippen LogP contribution is 2.31. The van der Waals surface area contributed by atoms with E-state index in [1.165, 1.54) is 0 Å². The fourth-order valence-corrected chi connectivity index (χ4v) is 4.09. The number of hydrogen-bond acceptors (Lipinski definition) is 5. The number of anilines is 2. The Labute approximate surface area is 175 Å². The van der Waals surface area contributed by atoms with Crippen LogP contribution in [0, 0.1) is 11.3 Å². The number of pyridine rings is 1. The highest BCUT2D eigenvalue weighted by Gasteiger charge is 2.26. The van der Waals surface area contributed by atoms with Crippen molar-refractivity contribution in [2.45, 2.75) is 18.9 Å². The summed E-state index contributed by atoms with van der Waals surface area (Å²) in [6, 6.07) is 24.5. The Morgan fingerprint density at radius 1 is 0.967 bits per heavy atom. The molecule has 0 saturated carbocycles. The quantitative estimate of drug-likeness (QED) is 0.563. The minimum Gasteiger partial charge on any atom is -0.317 e. The topological polar surface area (TPSA) is 69.2 Å². The van der Waals surface area contributed by atoms with Gasteiger partial charge >= 0.3 is 0 Å². The van der Waals surface area contributed by atoms with Crippen LogP contribution in [0.2, 0.25) is 0 Å². The molecule has 5 rings (SSSR count). The molecule has 148 valence electrons. The van der Waals surface area contributed by atoms with E-state index in [1.807, 2.05) is 53.2 Å². The summed E-state index contributed by atoms with van der Waals surface area (Å²) in [5, 5.41) is 17.4. The Morgan fingerprint density at radius 2 is 1.73 bits per heavy atom. The molecule has 1 aliphatic heterocycles. The largest absolute Gasteiger partial charge is 0.317 e. The van der Waals surface area contributed by atoms with Crippen LogP contribution in [-0.2, 0) is 0 Å². The number of nitrogens with zero attached hydrogens (tertiary/aromatic N) is 5. The van der Waals surface area contributed by atoms with E-state index < -0.39 is 0 Å². The summed E-state index contributed by atoms with van der Waals surface area (Å²) in [4.78, 5) is 7.25. The number of aromatic nitrogens is 3. The van der Waals surface area contributed by atoms with E-state index in [4.69, 9.17) is 15.3 Å². The summed E-state index contributed by atoms with van der Waals surface area (Å²) >= 11 is 0. The van der Waals surface area contributed by atoms with E-state index in [9.17, 15) is 0 Å². The molecule has 0 spiro atoms. The molecule has 6 nitrogen and oxygen atoms in total. The Hall–Kier alpha value is -3.69. The van der Waals surface area contributed by atoms with Crippen molar-refractivity contribution in [1.82, 2.24) is 19.9 Å². The SMILES string of the molecule is N#Cc1ccc(-c2cccn3nc(N(c4ccccc4)C4CCNCC4)nc23)cc1. The minimum atomic E-state index is 0.351. The van der Waals surface area contributed by atoms with Gasteiger partial charge in [-0.15, -0.1) is 5.10 Å². The zero-order valence-electron chi connectivity index (χ0n) is 16.6. The van der Waals surface area contributed by atoms with Crippen LogP contribution >= 0.6 is 0 Å². The van der Waals surface area contributed by atoms with Crippen LogP contribution in [0.1, 0.15) is 18.4 Å². The van der Waals surface area contributed by atoms with Crippen molar-refractivity contribution in [3.63, 3.8) is 0 Å². The fraction of sp³-hybridized carbons (Fsp3) is 0.208. The summed E-state index contributed by atoms with van der Waals surface area (Å²) in [6.45, 7) is 2.00. The second kappa shape index (κ2) is 7.97. The third-order valence-electron chi connectivity index (χ3n) is 5.60. The molecule has 4 aromatic rings. The van der Waals surface area contributed by atoms with Crippen molar-refractivity contribution in [1.29, 1.82) is 5.26 Å². The number of rotatable bonds is 4. The van der Waals surface area contributed by atoms with E-state index in [0.717, 1.165) is 48.4 Å². The number of benzene rings is 2. The molecule has 0 aliphatic carbocycles. The van der Waals surface area contributed by atoms with Crippen LogP contribution in [0.25, 0.3) is 16.8 Å². The third-order valence-corrected chi connectivity index (χ3v) is 5.60. The minimum absolute atomic E-state index is 0.351. The maximum absolute atomic E-state index is 9.08. The van der Waals surface area contributed by atoms with Gasteiger partial charge in [-0.2, -0.15) is 10.2 Å². The average molecular weight is 394 g/mol. The predicted molar refractivity (Wildman–Crippen MR) is 118 cm³/mol. The van der Waals surface area contributed by atoms with E-state index >= 15 is 0 Å². The fourth-order valence-electron chi connectivity index (χ4n) is 4.09. The first-order valence-corrected chi connectivity index (χ1v) is 10.2. The first-order chi connectivity index (χ1) is 14.8. The smallest absolute Gasteiger partial charge is 0.250 e. The lowest BCUT2D eigenvalue weighted by Crippen LogP contribution is -2.41. The normalized spacial score (nSPS) is 14.5. The van der Waals surface area contributed by atoms with Gasteiger partial charge in [0.15, 0.2) is 5.65 Å². The number of hydrogen-bond donors (Lipinski definition) is 1. The molecule has 1 aliphatic rings. The highest BCUT2D eigenvalue weighted by atomic mass is 15.4. The summed E-state index contributed by atoms with van der Waals surface area (Å²) in [7, 11) is 0. The standard InChI is InChI=1S/C24H22N6/c25-17-18-8-10-19(11-9-18)22-7-4-16-29-23(22)27-24(28-29)30(20-5-2-1-3-6-20)21-12-14-26-15-13-21/h1-11,16,21,26H,12-15H2. The summed E-state index contributed by atoms with van der Waals surface area (Å²) in [5.74, 6) is 0.717. The van der Waals surface area contributed by atoms with Crippen molar-refractivity contribution in [2.24, 2.45) is 0 Å². The summed E-state index contributed by atoms with van der Waals surface area (Å²) < 4.78 is 1.85. The molecule has 6 heteroatoms. The van der Waals surface area contributed by atoms with Gasteiger partial charge in [-0.3, -0.25) is 0 Å². The molecule has 3 heterocycles. The molecular formula is C24H22N6. The van der Waals surface area contributed by atoms with Crippen molar-refractivity contribution in [2.75, 3.05) is 18.0 Å². The molecule has 1 fully saturated rings. The highest BCUT2D eigenvalue weighted by molar-refractivity contribution is 5.78. The Balaban J connectivity index is 1.61. The molecule has 0 atom stereocenters. The van der Waals surface area contributed by atoms with Gasteiger partial charge < -0.3 is 10.2 Å². The average Bonchev–Trinajstić information content (AvgIpc) is 3.24. The molecule has 0 unspecified atom stereocenters. The zero-order valence-corrected chi connectivity index (χ0v) is 16.6. The molecule has 30 heavy (non-hydrogen) atoms. The van der Waals surface area contributed by atoms with Crippen LogP contribution in [0.3, 0.4) is 0 Å². The molecule has 2 aromatic carbocycles. The molecule has 0 radical (unpaired) electrons. The summed E-state index contributed by atoms with van der Waals surface area (Å²) in [6.07, 6.45) is 4.03. The van der Waals surface area contributed by atoms with Gasteiger partial charge in [0, 0.05) is 23.5 Å². The molecule has 0 amide bonds. The van der Waals surface area contributed by atoms with Gasteiger partial charge in [0.2, 0.25) is 5.95 Å². The Bertz CT molecular complexity index is 1180. The van der Waals surface area contributed by atoms with Crippen molar-refractivity contribution in [3.05, 3.63) is 78.5 Å². The van der Waals surface area contributed by atoms with Crippen molar-refractivity contribution in [3.8, 4) is 17.2 Å². The number of piperidine rings is 1. The van der Waals surface area contributed by atoms with Gasteiger partial charge in [0.1, 0.15) is 0 Å². The zero-order chi connectivity index (χ0) is 20.3. The molecule has 0 bridgehead atoms. The van der Waals surface area contributed by atoms with E-state index in [0.29, 0.717) is 17.6 Å². The Morgan fingerprint density at radius 3 is 2.47 bits per heavy atom. The molecule has 2 aromatic heterocycles. The number of fused-ring (bicyclic) bond motifs is 1.